The summed E-state index contributed by atoms with van der Waals surface area (Å²) in [5, 5.41) is 19.3. The monoisotopic (exact) mass is 1310 g/mol. The van der Waals surface area contributed by atoms with E-state index in [2.05, 4.69) is 136 Å². The molecule has 2 N–H and O–H groups in total. The molecule has 502 valence electrons. The number of halogens is 3. The average Bonchev–Trinajstić information content (AvgIpc) is 2.18. The first kappa shape index (κ1) is 79.5. The van der Waals surface area contributed by atoms with Gasteiger partial charge in [-0.15, -0.1) is 6.42 Å². The summed E-state index contributed by atoms with van der Waals surface area (Å²) in [5.41, 5.74) is 0.860. The molecule has 0 heterocycles. The van der Waals surface area contributed by atoms with Crippen LogP contribution in [0.25, 0.3) is 0 Å². The van der Waals surface area contributed by atoms with Gasteiger partial charge in [0.1, 0.15) is 5.76 Å². The van der Waals surface area contributed by atoms with Crippen molar-refractivity contribution in [1.82, 2.24) is 0 Å². The summed E-state index contributed by atoms with van der Waals surface area (Å²) in [6.07, 6.45) is 31.5. The van der Waals surface area contributed by atoms with Gasteiger partial charge in [-0.25, -0.2) is 0 Å². The van der Waals surface area contributed by atoms with Gasteiger partial charge in [0.05, 0.1) is 24.4 Å². The van der Waals surface area contributed by atoms with Crippen molar-refractivity contribution in [2.24, 2.45) is 46.3 Å². The summed E-state index contributed by atoms with van der Waals surface area (Å²) in [7, 11) is -12.4. The van der Waals surface area contributed by atoms with Crippen LogP contribution < -0.4 is 0 Å². The number of hydrogen-bond acceptors (Lipinski definition) is 9. The molecule has 17 heteroatoms. The standard InChI is InChI=1S/C34H60O3Si2.C21H40O2Si2.C14H21F3O4S.CH4/c1-10-12-21-38(6,7)36-30-23-29(27(4)33(24-30)37-39(8,9)22-13-11-2)17-16-28-15-14-20-34(5)31(26(3)25-35)18-19-32(28)34;1-9-12-14-24(5,6)22-20-16-19(11-3)18(4)21(17-20)23-25(7,8)15-13-10-2;1-9(8-18)10-5-6-11-12(4-3-7-13(10,11)2)21-22(19,20)14(15,16)17;/h15,26,30-33,35H,10-14,18-25H2,1-9H3;3,20-21H,9-10,12-17H2,1-2,4-8H3;4,9-11,18H,3,5-8H2,1-2H3;1H4/t26-,30-,31-,32?,33+,34-;20-,21+;9-,10-,11?,13-;/m111./s1. The van der Waals surface area contributed by atoms with Gasteiger partial charge in [-0.1, -0.05) is 138 Å². The van der Waals surface area contributed by atoms with Crippen molar-refractivity contribution in [3.63, 3.8) is 0 Å². The first-order chi connectivity index (χ1) is 40.0. The smallest absolute Gasteiger partial charge is 0.414 e. The van der Waals surface area contributed by atoms with Crippen molar-refractivity contribution in [1.29, 1.82) is 0 Å². The number of aliphatic hydroxyl groups is 2. The third-order valence-corrected chi connectivity index (χ3v) is 31.7. The van der Waals surface area contributed by atoms with Gasteiger partial charge < -0.3 is 32.1 Å². The third-order valence-electron chi connectivity index (χ3n) is 20.7. The number of fused-ring (bicyclic) bond motifs is 2. The van der Waals surface area contributed by atoms with Crippen LogP contribution in [0, 0.1) is 70.5 Å². The number of terminal acetylenes is 1. The molecule has 0 aromatic rings. The fraction of sp³-hybridized carbons (Fsp3) is 0.829. The number of alkyl halides is 3. The van der Waals surface area contributed by atoms with Crippen LogP contribution in [0.3, 0.4) is 0 Å². The van der Waals surface area contributed by atoms with Crippen LogP contribution in [-0.2, 0) is 32.0 Å². The number of unbranched alkanes of at least 4 members (excludes halogenated alkanes) is 4. The van der Waals surface area contributed by atoms with Crippen molar-refractivity contribution in [2.45, 2.75) is 312 Å². The van der Waals surface area contributed by atoms with Crippen molar-refractivity contribution < 1.29 is 53.7 Å². The summed E-state index contributed by atoms with van der Waals surface area (Å²) in [6, 6.07) is 4.90. The van der Waals surface area contributed by atoms with Crippen LogP contribution in [0.4, 0.5) is 13.2 Å². The summed E-state index contributed by atoms with van der Waals surface area (Å²) in [6.45, 7) is 41.3. The number of rotatable bonds is 26. The minimum Gasteiger partial charge on any atom is -0.414 e. The van der Waals surface area contributed by atoms with Gasteiger partial charge in [0.25, 0.3) is 0 Å². The zero-order valence-corrected chi connectivity index (χ0v) is 62.0. The molecule has 2 unspecified atom stereocenters. The van der Waals surface area contributed by atoms with E-state index in [0.717, 1.165) is 50.5 Å². The fourth-order valence-corrected chi connectivity index (χ4v) is 25.6. The molecule has 0 radical (unpaired) electrons. The summed E-state index contributed by atoms with van der Waals surface area (Å²) >= 11 is 0. The Hall–Kier alpha value is -1.75. The first-order valence-corrected chi connectivity index (χ1v) is 47.6. The highest BCUT2D eigenvalue weighted by Gasteiger charge is 2.55. The van der Waals surface area contributed by atoms with Crippen LogP contribution >= 0.6 is 0 Å². The molecule has 9 nitrogen and oxygen atoms in total. The van der Waals surface area contributed by atoms with E-state index in [-0.39, 0.29) is 72.8 Å². The maximum atomic E-state index is 12.5. The lowest BCUT2D eigenvalue weighted by Crippen LogP contribution is -2.43. The Morgan fingerprint density at radius 2 is 1.00 bits per heavy atom. The zero-order chi connectivity index (χ0) is 64.7. The van der Waals surface area contributed by atoms with Crippen LogP contribution in [0.5, 0.6) is 0 Å². The van der Waals surface area contributed by atoms with Gasteiger partial charge >= 0.3 is 15.6 Å². The third kappa shape index (κ3) is 22.5. The molecule has 0 bridgehead atoms. The molecule has 0 amide bonds. The molecule has 0 spiro atoms. The van der Waals surface area contributed by atoms with E-state index in [1.807, 2.05) is 13.8 Å². The second-order valence-corrected chi connectivity index (χ2v) is 48.4. The van der Waals surface area contributed by atoms with Crippen LogP contribution in [0.2, 0.25) is 76.6 Å². The average molecular weight is 1310 g/mol. The van der Waals surface area contributed by atoms with Gasteiger partial charge in [0.15, 0.2) is 33.3 Å². The van der Waals surface area contributed by atoms with E-state index in [9.17, 15) is 31.8 Å². The molecule has 87 heavy (non-hydrogen) atoms. The molecule has 2 saturated carbocycles. The summed E-state index contributed by atoms with van der Waals surface area (Å²) in [5.74, 6) is 11.6. The lowest BCUT2D eigenvalue weighted by atomic mass is 9.62. The Balaban J connectivity index is 0.000000359. The number of hydrogen-bond donors (Lipinski definition) is 2. The van der Waals surface area contributed by atoms with Gasteiger partial charge in [0, 0.05) is 61.5 Å². The zero-order valence-electron chi connectivity index (χ0n) is 57.2. The van der Waals surface area contributed by atoms with Crippen LogP contribution in [-0.4, -0.2) is 95.0 Å². The normalized spacial score (nSPS) is 28.6. The fourth-order valence-electron chi connectivity index (χ4n) is 15.5. The van der Waals surface area contributed by atoms with Crippen molar-refractivity contribution in [3.05, 3.63) is 45.8 Å². The molecule has 0 aliphatic heterocycles. The second kappa shape index (κ2) is 34.4. The predicted octanol–water partition coefficient (Wildman–Crippen LogP) is 19.6. The van der Waals surface area contributed by atoms with Crippen molar-refractivity contribution in [3.8, 4) is 24.2 Å². The molecule has 2 fully saturated rings. The maximum absolute atomic E-state index is 12.5. The highest BCUT2D eigenvalue weighted by molar-refractivity contribution is 7.87. The Morgan fingerprint density at radius 3 is 1.40 bits per heavy atom. The van der Waals surface area contributed by atoms with E-state index in [1.54, 1.807) is 0 Å². The molecule has 6 aliphatic carbocycles. The molecular formula is C70H125F3O9SSi4. The quantitative estimate of drug-likeness (QED) is 0.0377. The van der Waals surface area contributed by atoms with Gasteiger partial charge in [0.2, 0.25) is 0 Å². The molecule has 12 atom stereocenters. The largest absolute Gasteiger partial charge is 0.534 e. The lowest BCUT2D eigenvalue weighted by molar-refractivity contribution is -0.0537. The minimum absolute atomic E-state index is 0. The Kier molecular flexibility index (Phi) is 31.4. The van der Waals surface area contributed by atoms with E-state index in [0.29, 0.717) is 37.2 Å². The first-order valence-electron chi connectivity index (χ1n) is 33.7. The Labute approximate surface area is 535 Å². The highest BCUT2D eigenvalue weighted by Crippen LogP contribution is 2.60. The molecule has 6 aliphatic rings. The molecule has 0 aromatic carbocycles. The lowest BCUT2D eigenvalue weighted by Gasteiger charge is -2.42. The Morgan fingerprint density at radius 1 is 0.621 bits per heavy atom. The van der Waals surface area contributed by atoms with Crippen LogP contribution in [0.15, 0.2) is 45.8 Å². The minimum atomic E-state index is -5.62. The van der Waals surface area contributed by atoms with E-state index in [1.165, 1.54) is 123 Å². The van der Waals surface area contributed by atoms with Crippen LogP contribution in [0.1, 0.15) is 205 Å². The van der Waals surface area contributed by atoms with Gasteiger partial charge in [-0.05, 0) is 199 Å². The highest BCUT2D eigenvalue weighted by atomic mass is 32.2. The molecular weight excluding hydrogens is 1190 g/mol. The maximum Gasteiger partial charge on any atom is 0.534 e. The molecule has 0 aromatic heterocycles. The topological polar surface area (TPSA) is 121 Å². The SMILES string of the molecule is C.C#CC1=C(C)[C@@H](O[Si](C)(C)CCCC)C[C@H](O[Si](C)(C)CCCC)C1.CCCC[Si](C)(C)O[C@@H]1CC(C#CC2=CCC[C@@]3(C)C2CC[C@@H]3[C@H](C)CO)=C(C)[C@@H](O[Si](C)(C)CCCC)C1.C[C@H](CO)[C@H]1CCC2C(OS(=O)(=O)C(F)(F)F)=CCC[C@@]21C. The summed E-state index contributed by atoms with van der Waals surface area (Å²) in [4.78, 5) is 0. The molecule has 6 rings (SSSR count). The van der Waals surface area contributed by atoms with Crippen molar-refractivity contribution in [2.75, 3.05) is 13.2 Å². The summed E-state index contributed by atoms with van der Waals surface area (Å²) < 4.78 is 91.7. The number of allylic oxidation sites excluding steroid dienone is 4. The van der Waals surface area contributed by atoms with E-state index in [4.69, 9.17) is 24.1 Å². The van der Waals surface area contributed by atoms with E-state index < -0.39 is 48.9 Å². The second-order valence-electron chi connectivity index (χ2n) is 29.9. The predicted molar refractivity (Wildman–Crippen MR) is 367 cm³/mol. The van der Waals surface area contributed by atoms with Crippen molar-refractivity contribution >= 4 is 43.4 Å². The van der Waals surface area contributed by atoms with E-state index >= 15 is 0 Å². The van der Waals surface area contributed by atoms with Gasteiger partial charge in [-0.2, -0.15) is 21.6 Å². The molecule has 0 saturated heterocycles. The Bertz CT molecular complexity index is 2520. The number of aliphatic hydroxyl groups excluding tert-OH is 2. The van der Waals surface area contributed by atoms with Gasteiger partial charge in [-0.3, -0.25) is 0 Å².